The van der Waals surface area contributed by atoms with Crippen LogP contribution in [-0.2, 0) is 4.74 Å². The van der Waals surface area contributed by atoms with Crippen LogP contribution in [0.4, 0.5) is 10.6 Å². The summed E-state index contributed by atoms with van der Waals surface area (Å²) < 4.78 is 5.09. The van der Waals surface area contributed by atoms with Crippen molar-refractivity contribution < 1.29 is 19.4 Å². The van der Waals surface area contributed by atoms with Gasteiger partial charge in [0.15, 0.2) is 11.5 Å². The summed E-state index contributed by atoms with van der Waals surface area (Å²) in [4.78, 5) is 35.1. The molecular weight excluding hydrogens is 300 g/mol. The molecular formula is C15H16N4O4. The number of carbonyl (C=O) groups excluding carboxylic acids is 1. The first-order valence-electron chi connectivity index (χ1n) is 6.78. The molecule has 0 aliphatic carbocycles. The molecule has 2 aromatic heterocycles. The van der Waals surface area contributed by atoms with Gasteiger partial charge in [-0.05, 0) is 39.0 Å². The number of anilines is 1. The number of rotatable bonds is 3. The lowest BCUT2D eigenvalue weighted by Gasteiger charge is -2.19. The van der Waals surface area contributed by atoms with E-state index in [-0.39, 0.29) is 22.9 Å². The van der Waals surface area contributed by atoms with Crippen LogP contribution in [0, 0.1) is 0 Å². The molecule has 2 rings (SSSR count). The minimum Gasteiger partial charge on any atom is -0.476 e. The van der Waals surface area contributed by atoms with Crippen molar-refractivity contribution in [1.29, 1.82) is 0 Å². The van der Waals surface area contributed by atoms with Crippen molar-refractivity contribution in [2.45, 2.75) is 26.4 Å². The summed E-state index contributed by atoms with van der Waals surface area (Å²) in [6, 6.07) is 4.57. The van der Waals surface area contributed by atoms with Gasteiger partial charge in [-0.15, -0.1) is 0 Å². The summed E-state index contributed by atoms with van der Waals surface area (Å²) in [6.07, 6.45) is 2.28. The van der Waals surface area contributed by atoms with Gasteiger partial charge in [-0.3, -0.25) is 5.32 Å². The molecule has 0 bridgehead atoms. The quantitative estimate of drug-likeness (QED) is 0.894. The summed E-state index contributed by atoms with van der Waals surface area (Å²) in [6.45, 7) is 5.16. The Morgan fingerprint density at radius 3 is 2.39 bits per heavy atom. The molecule has 1 amide bonds. The van der Waals surface area contributed by atoms with Crippen molar-refractivity contribution in [2.75, 3.05) is 5.32 Å². The second kappa shape index (κ2) is 6.39. The van der Waals surface area contributed by atoms with E-state index in [4.69, 9.17) is 4.74 Å². The molecule has 0 aromatic carbocycles. The average Bonchev–Trinajstić information content (AvgIpc) is 2.46. The molecule has 120 valence electrons. The summed E-state index contributed by atoms with van der Waals surface area (Å²) in [7, 11) is 0. The minimum atomic E-state index is -1.25. The fourth-order valence-electron chi connectivity index (χ4n) is 1.72. The predicted molar refractivity (Wildman–Crippen MR) is 82.1 cm³/mol. The molecule has 2 heterocycles. The van der Waals surface area contributed by atoms with E-state index >= 15 is 0 Å². The smallest absolute Gasteiger partial charge is 0.413 e. The fourth-order valence-corrected chi connectivity index (χ4v) is 1.72. The molecule has 0 saturated heterocycles. The largest absolute Gasteiger partial charge is 0.476 e. The summed E-state index contributed by atoms with van der Waals surface area (Å²) in [5, 5.41) is 11.7. The van der Waals surface area contributed by atoms with Crippen molar-refractivity contribution >= 4 is 17.9 Å². The van der Waals surface area contributed by atoms with E-state index in [0.717, 1.165) is 0 Å². The highest BCUT2D eigenvalue weighted by atomic mass is 16.6. The van der Waals surface area contributed by atoms with Gasteiger partial charge in [-0.1, -0.05) is 0 Å². The zero-order valence-corrected chi connectivity index (χ0v) is 12.9. The number of nitrogens with one attached hydrogen (secondary N) is 1. The van der Waals surface area contributed by atoms with E-state index in [0.29, 0.717) is 0 Å². The van der Waals surface area contributed by atoms with Crippen LogP contribution in [0.5, 0.6) is 0 Å². The third-order valence-electron chi connectivity index (χ3n) is 2.53. The molecule has 0 aliphatic rings. The Bertz CT molecular complexity index is 726. The van der Waals surface area contributed by atoms with Crippen LogP contribution < -0.4 is 5.32 Å². The van der Waals surface area contributed by atoms with E-state index < -0.39 is 17.7 Å². The third-order valence-corrected chi connectivity index (χ3v) is 2.53. The Kier molecular flexibility index (Phi) is 4.54. The van der Waals surface area contributed by atoms with Crippen LogP contribution in [-0.4, -0.2) is 37.7 Å². The van der Waals surface area contributed by atoms with Crippen LogP contribution in [0.1, 0.15) is 31.3 Å². The molecule has 0 fully saturated rings. The van der Waals surface area contributed by atoms with E-state index in [2.05, 4.69) is 20.3 Å². The zero-order valence-electron chi connectivity index (χ0n) is 12.9. The first kappa shape index (κ1) is 16.3. The highest BCUT2D eigenvalue weighted by Crippen LogP contribution is 2.21. The maximum Gasteiger partial charge on any atom is 0.413 e. The average molecular weight is 316 g/mol. The van der Waals surface area contributed by atoms with Crippen molar-refractivity contribution in [3.8, 4) is 11.4 Å². The highest BCUT2D eigenvalue weighted by Gasteiger charge is 2.19. The lowest BCUT2D eigenvalue weighted by molar-refractivity contribution is 0.0631. The number of hydrogen-bond acceptors (Lipinski definition) is 6. The molecule has 23 heavy (non-hydrogen) atoms. The number of carbonyl (C=O) groups is 2. The Labute approximate surface area is 132 Å². The van der Waals surface area contributed by atoms with Crippen LogP contribution in [0.2, 0.25) is 0 Å². The summed E-state index contributed by atoms with van der Waals surface area (Å²) >= 11 is 0. The fraction of sp³-hybridized carbons (Fsp3) is 0.267. The van der Waals surface area contributed by atoms with Gasteiger partial charge < -0.3 is 9.84 Å². The Morgan fingerprint density at radius 2 is 1.83 bits per heavy atom. The number of carboxylic acid groups (broad SMARTS) is 1. The van der Waals surface area contributed by atoms with Crippen LogP contribution in [0.15, 0.2) is 30.6 Å². The number of aromatic carboxylic acids is 1. The van der Waals surface area contributed by atoms with Gasteiger partial charge in [0.05, 0.1) is 5.56 Å². The molecule has 0 atom stereocenters. The molecule has 2 N–H and O–H groups in total. The Balaban J connectivity index is 2.30. The SMILES string of the molecule is CC(C)(C)OC(=O)Nc1ccc(-c2ncccn2)c(C(=O)O)n1. The number of hydrogen-bond donors (Lipinski definition) is 2. The molecule has 0 saturated carbocycles. The number of carboxylic acids is 1. The zero-order chi connectivity index (χ0) is 17.0. The first-order chi connectivity index (χ1) is 10.8. The lowest BCUT2D eigenvalue weighted by atomic mass is 10.1. The highest BCUT2D eigenvalue weighted by molar-refractivity contribution is 5.94. The van der Waals surface area contributed by atoms with Crippen molar-refractivity contribution in [3.63, 3.8) is 0 Å². The van der Waals surface area contributed by atoms with Gasteiger partial charge in [-0.25, -0.2) is 24.5 Å². The Morgan fingerprint density at radius 1 is 1.17 bits per heavy atom. The number of pyridine rings is 1. The molecule has 0 radical (unpaired) electrons. The first-order valence-corrected chi connectivity index (χ1v) is 6.78. The minimum absolute atomic E-state index is 0.0660. The molecule has 8 heteroatoms. The monoisotopic (exact) mass is 316 g/mol. The molecule has 0 unspecified atom stereocenters. The van der Waals surface area contributed by atoms with Crippen molar-refractivity contribution in [3.05, 3.63) is 36.3 Å². The summed E-state index contributed by atoms with van der Waals surface area (Å²) in [5.41, 5.74) is -0.671. The number of ether oxygens (including phenoxy) is 1. The maximum atomic E-state index is 11.7. The molecule has 0 aliphatic heterocycles. The van der Waals surface area contributed by atoms with Crippen LogP contribution in [0.25, 0.3) is 11.4 Å². The standard InChI is InChI=1S/C15H16N4O4/c1-15(2,3)23-14(22)19-10-6-5-9(11(18-10)13(20)21)12-16-7-4-8-17-12/h4-8H,1-3H3,(H,20,21)(H,18,19,22). The second-order valence-corrected chi connectivity index (χ2v) is 5.60. The molecule has 2 aromatic rings. The van der Waals surface area contributed by atoms with Crippen LogP contribution in [0.3, 0.4) is 0 Å². The lowest BCUT2D eigenvalue weighted by Crippen LogP contribution is -2.27. The van der Waals surface area contributed by atoms with Crippen molar-refractivity contribution in [2.24, 2.45) is 0 Å². The second-order valence-electron chi connectivity index (χ2n) is 5.60. The number of aromatic nitrogens is 3. The predicted octanol–water partition coefficient (Wildman–Crippen LogP) is 2.58. The normalized spacial score (nSPS) is 10.9. The number of amides is 1. The third kappa shape index (κ3) is 4.47. The van der Waals surface area contributed by atoms with Gasteiger partial charge in [-0.2, -0.15) is 0 Å². The summed E-state index contributed by atoms with van der Waals surface area (Å²) in [5.74, 6) is -0.946. The van der Waals surface area contributed by atoms with Gasteiger partial charge in [0, 0.05) is 12.4 Å². The van der Waals surface area contributed by atoms with Gasteiger partial charge in [0.25, 0.3) is 0 Å². The van der Waals surface area contributed by atoms with Gasteiger partial charge >= 0.3 is 12.1 Å². The van der Waals surface area contributed by atoms with Gasteiger partial charge in [0.1, 0.15) is 11.4 Å². The molecule has 8 nitrogen and oxygen atoms in total. The van der Waals surface area contributed by atoms with Gasteiger partial charge in [0.2, 0.25) is 0 Å². The maximum absolute atomic E-state index is 11.7. The van der Waals surface area contributed by atoms with E-state index in [1.807, 2.05) is 0 Å². The molecule has 0 spiro atoms. The van der Waals surface area contributed by atoms with E-state index in [1.165, 1.54) is 24.5 Å². The van der Waals surface area contributed by atoms with Crippen molar-refractivity contribution in [1.82, 2.24) is 15.0 Å². The number of nitrogens with zero attached hydrogens (tertiary/aromatic N) is 3. The topological polar surface area (TPSA) is 114 Å². The Hall–Kier alpha value is -3.03. The van der Waals surface area contributed by atoms with E-state index in [1.54, 1.807) is 26.8 Å². The van der Waals surface area contributed by atoms with E-state index in [9.17, 15) is 14.7 Å². The van der Waals surface area contributed by atoms with Crippen LogP contribution >= 0.6 is 0 Å².